The van der Waals surface area contributed by atoms with Crippen molar-refractivity contribution in [3.63, 3.8) is 0 Å². The molecule has 1 N–H and O–H groups in total. The van der Waals surface area contributed by atoms with Crippen LogP contribution in [0.2, 0.25) is 0 Å². The van der Waals surface area contributed by atoms with Crippen LogP contribution in [0.3, 0.4) is 0 Å². The van der Waals surface area contributed by atoms with E-state index in [1.807, 2.05) is 6.92 Å². The van der Waals surface area contributed by atoms with Gasteiger partial charge < -0.3 is 19.3 Å². The van der Waals surface area contributed by atoms with Crippen molar-refractivity contribution < 1.29 is 33.7 Å². The first-order chi connectivity index (χ1) is 15.4. The van der Waals surface area contributed by atoms with Crippen LogP contribution in [0.1, 0.15) is 65.7 Å². The van der Waals surface area contributed by atoms with Gasteiger partial charge in [0.25, 0.3) is 6.29 Å². The molecule has 7 nitrogen and oxygen atoms in total. The second-order valence-electron chi connectivity index (χ2n) is 10.7. The molecule has 0 aliphatic heterocycles. The first-order valence-corrected chi connectivity index (χ1v) is 12.2. The number of aliphatic hydroxyl groups excluding tert-OH is 1. The van der Waals surface area contributed by atoms with Gasteiger partial charge >= 0.3 is 5.97 Å². The second kappa shape index (κ2) is 8.14. The van der Waals surface area contributed by atoms with Crippen molar-refractivity contribution >= 4 is 29.1 Å². The molecule has 0 saturated heterocycles. The Morgan fingerprint density at radius 1 is 1.15 bits per heavy atom. The largest absolute Gasteiger partial charge is 0.428 e. The van der Waals surface area contributed by atoms with Crippen molar-refractivity contribution in [2.24, 2.45) is 22.7 Å². The zero-order valence-electron chi connectivity index (χ0n) is 20.1. The van der Waals surface area contributed by atoms with E-state index in [1.165, 1.54) is 21.1 Å². The fraction of sp³-hybridized carbons (Fsp3) is 0.800. The highest BCUT2D eigenvalue weighted by atomic mass is 35.5. The zero-order valence-corrected chi connectivity index (χ0v) is 20.9. The summed E-state index contributed by atoms with van der Waals surface area (Å²) in [6.07, 6.45) is 3.39. The van der Waals surface area contributed by atoms with Crippen LogP contribution < -0.4 is 0 Å². The molecule has 8 heteroatoms. The maximum absolute atomic E-state index is 13.7. The Labute approximate surface area is 200 Å². The molecule has 0 bridgehead atoms. The Kier molecular flexibility index (Phi) is 6.13. The van der Waals surface area contributed by atoms with Crippen LogP contribution in [0.4, 0.5) is 0 Å². The molecule has 4 aliphatic carbocycles. The highest BCUT2D eigenvalue weighted by molar-refractivity contribution is 6.26. The molecular weight excluding hydrogens is 448 g/mol. The third-order valence-electron chi connectivity index (χ3n) is 9.61. The fourth-order valence-electron chi connectivity index (χ4n) is 7.95. The van der Waals surface area contributed by atoms with E-state index >= 15 is 0 Å². The van der Waals surface area contributed by atoms with Gasteiger partial charge in [-0.3, -0.25) is 14.4 Å². The van der Waals surface area contributed by atoms with Crippen molar-refractivity contribution in [3.8, 4) is 0 Å². The molecule has 0 aromatic carbocycles. The minimum absolute atomic E-state index is 0.0214. The van der Waals surface area contributed by atoms with Crippen LogP contribution in [0.25, 0.3) is 0 Å². The molecule has 8 atom stereocenters. The third-order valence-corrected chi connectivity index (χ3v) is 10.6. The Hall–Kier alpha value is -1.28. The van der Waals surface area contributed by atoms with Crippen LogP contribution in [0, 0.1) is 22.7 Å². The number of carbonyl (C=O) groups excluding carboxylic acids is 3. The predicted octanol–water partition coefficient (Wildman–Crippen LogP) is 3.34. The number of ether oxygens (including phenoxy) is 3. The number of carbonyl (C=O) groups is 3. The molecular formula is C25H35ClO7. The van der Waals surface area contributed by atoms with Gasteiger partial charge in [-0.1, -0.05) is 19.4 Å². The highest BCUT2D eigenvalue weighted by Crippen LogP contribution is 2.71. The van der Waals surface area contributed by atoms with Crippen LogP contribution in [-0.2, 0) is 28.6 Å². The van der Waals surface area contributed by atoms with E-state index in [9.17, 15) is 19.5 Å². The molecule has 3 saturated carbocycles. The number of ketones is 2. The van der Waals surface area contributed by atoms with E-state index in [4.69, 9.17) is 25.8 Å². The third kappa shape index (κ3) is 3.15. The lowest BCUT2D eigenvalue weighted by Gasteiger charge is -2.65. The standard InChI is InChI=1S/C25H35ClO7/c1-14(27)33-21(31-4)20(30)24(32-5)11-9-17-18-7-6-15-12-16(28)8-10-22(15,2)25(18,26)19(29)13-23(17,24)3/h12,17-19,21,29H,6-11,13H2,1-5H3/t17-,18-,19-,21?,22-,23-,24-,25-/m0/s1. The van der Waals surface area contributed by atoms with Gasteiger partial charge in [0.05, 0.1) is 11.0 Å². The number of hydrogen-bond acceptors (Lipinski definition) is 7. The Balaban J connectivity index is 1.76. The highest BCUT2D eigenvalue weighted by Gasteiger charge is 2.74. The summed E-state index contributed by atoms with van der Waals surface area (Å²) in [6.45, 7) is 5.30. The van der Waals surface area contributed by atoms with E-state index in [1.54, 1.807) is 6.08 Å². The molecule has 0 aromatic heterocycles. The Bertz CT molecular complexity index is 901. The zero-order chi connectivity index (χ0) is 24.4. The average Bonchev–Trinajstić information content (AvgIpc) is 3.05. The number of rotatable bonds is 5. The van der Waals surface area contributed by atoms with E-state index in [2.05, 4.69) is 6.92 Å². The first-order valence-electron chi connectivity index (χ1n) is 11.8. The normalized spacial score (nSPS) is 45.4. The molecule has 3 fully saturated rings. The lowest BCUT2D eigenvalue weighted by atomic mass is 9.44. The second-order valence-corrected chi connectivity index (χ2v) is 11.4. The van der Waals surface area contributed by atoms with Crippen LogP contribution in [-0.4, -0.2) is 59.7 Å². The predicted molar refractivity (Wildman–Crippen MR) is 121 cm³/mol. The number of esters is 1. The van der Waals surface area contributed by atoms with Crippen LogP contribution in [0.5, 0.6) is 0 Å². The summed E-state index contributed by atoms with van der Waals surface area (Å²) in [4.78, 5) is 36.5. The average molecular weight is 483 g/mol. The summed E-state index contributed by atoms with van der Waals surface area (Å²) >= 11 is 7.47. The van der Waals surface area contributed by atoms with Crippen LogP contribution in [0.15, 0.2) is 11.6 Å². The molecule has 0 spiro atoms. The van der Waals surface area contributed by atoms with Crippen molar-refractivity contribution in [2.75, 3.05) is 14.2 Å². The van der Waals surface area contributed by atoms with E-state index in [-0.39, 0.29) is 24.0 Å². The quantitative estimate of drug-likeness (QED) is 0.364. The molecule has 0 amide bonds. The lowest BCUT2D eigenvalue weighted by Crippen LogP contribution is -2.69. The molecule has 0 aromatic rings. The summed E-state index contributed by atoms with van der Waals surface area (Å²) < 4.78 is 16.4. The van der Waals surface area contributed by atoms with Gasteiger partial charge in [0.2, 0.25) is 5.78 Å². The number of alkyl halides is 1. The number of methoxy groups -OCH3 is 2. The summed E-state index contributed by atoms with van der Waals surface area (Å²) in [6, 6.07) is 0. The van der Waals surface area contributed by atoms with E-state index in [0.29, 0.717) is 25.7 Å². The molecule has 184 valence electrons. The van der Waals surface area contributed by atoms with Gasteiger partial charge in [-0.15, -0.1) is 11.6 Å². The molecule has 1 unspecified atom stereocenters. The maximum atomic E-state index is 13.7. The lowest BCUT2D eigenvalue weighted by molar-refractivity contribution is -0.210. The minimum Gasteiger partial charge on any atom is -0.428 e. The van der Waals surface area contributed by atoms with Gasteiger partial charge in [0, 0.05) is 38.4 Å². The van der Waals surface area contributed by atoms with Gasteiger partial charge in [0.1, 0.15) is 5.60 Å². The Morgan fingerprint density at radius 3 is 2.45 bits per heavy atom. The smallest absolute Gasteiger partial charge is 0.305 e. The number of fused-ring (bicyclic) bond motifs is 5. The number of Topliss-reactive ketones (excluding diaryl/α,β-unsaturated/α-hetero) is 1. The number of allylic oxidation sites excluding steroid dienone is 1. The number of hydrogen-bond donors (Lipinski definition) is 1. The van der Waals surface area contributed by atoms with E-state index < -0.39 is 45.5 Å². The van der Waals surface area contributed by atoms with Gasteiger partial charge in [0.15, 0.2) is 5.78 Å². The van der Waals surface area contributed by atoms with Gasteiger partial charge in [-0.2, -0.15) is 0 Å². The summed E-state index contributed by atoms with van der Waals surface area (Å²) in [5.74, 6) is -0.961. The van der Waals surface area contributed by atoms with Crippen molar-refractivity contribution in [1.29, 1.82) is 0 Å². The molecule has 0 heterocycles. The fourth-order valence-corrected chi connectivity index (χ4v) is 8.50. The maximum Gasteiger partial charge on any atom is 0.305 e. The Morgan fingerprint density at radius 2 is 1.85 bits per heavy atom. The monoisotopic (exact) mass is 482 g/mol. The van der Waals surface area contributed by atoms with Gasteiger partial charge in [-0.25, -0.2) is 0 Å². The number of halogens is 1. The molecule has 33 heavy (non-hydrogen) atoms. The molecule has 4 aliphatic rings. The topological polar surface area (TPSA) is 99.1 Å². The first kappa shape index (κ1) is 24.8. The summed E-state index contributed by atoms with van der Waals surface area (Å²) in [5.41, 5.74) is -1.44. The van der Waals surface area contributed by atoms with Crippen molar-refractivity contribution in [3.05, 3.63) is 11.6 Å². The molecule has 4 rings (SSSR count). The number of aliphatic hydroxyl groups is 1. The molecule has 0 radical (unpaired) electrons. The minimum atomic E-state index is -1.37. The van der Waals surface area contributed by atoms with E-state index in [0.717, 1.165) is 18.4 Å². The van der Waals surface area contributed by atoms with Crippen molar-refractivity contribution in [2.45, 2.75) is 88.6 Å². The SMILES string of the molecule is COC(OC(C)=O)C(=O)[C@@]1(OC)CC[C@H]2[C@@H]3CCC4=CC(=O)CC[C@]4(C)[C@@]3(Cl)[C@@H](O)C[C@@]21C. The van der Waals surface area contributed by atoms with Crippen LogP contribution >= 0.6 is 11.6 Å². The van der Waals surface area contributed by atoms with Gasteiger partial charge in [-0.05, 0) is 56.4 Å². The van der Waals surface area contributed by atoms with Crippen molar-refractivity contribution in [1.82, 2.24) is 0 Å². The summed E-state index contributed by atoms with van der Waals surface area (Å²) in [5, 5.41) is 11.7. The summed E-state index contributed by atoms with van der Waals surface area (Å²) in [7, 11) is 2.82.